The van der Waals surface area contributed by atoms with Gasteiger partial charge in [0.1, 0.15) is 17.5 Å². The Balaban J connectivity index is 1.76. The second-order valence-corrected chi connectivity index (χ2v) is 6.10. The van der Waals surface area contributed by atoms with E-state index in [0.717, 1.165) is 23.3 Å². The molecule has 5 heteroatoms. The largest absolute Gasteiger partial charge is 0.348 e. The fourth-order valence-corrected chi connectivity index (χ4v) is 2.93. The molecule has 2 heterocycles. The van der Waals surface area contributed by atoms with Crippen molar-refractivity contribution in [1.29, 1.82) is 0 Å². The zero-order valence-electron chi connectivity index (χ0n) is 14.2. The molecule has 0 saturated heterocycles. The van der Waals surface area contributed by atoms with Crippen molar-refractivity contribution >= 4 is 16.9 Å². The first-order valence-electron chi connectivity index (χ1n) is 8.86. The lowest BCUT2D eigenvalue weighted by Crippen LogP contribution is -2.20. The van der Waals surface area contributed by atoms with Gasteiger partial charge >= 0.3 is 0 Å². The van der Waals surface area contributed by atoms with E-state index in [9.17, 15) is 0 Å². The fourth-order valence-electron chi connectivity index (χ4n) is 2.93. The van der Waals surface area contributed by atoms with E-state index in [1.54, 1.807) is 6.20 Å². The van der Waals surface area contributed by atoms with Gasteiger partial charge < -0.3 is 5.32 Å². The van der Waals surface area contributed by atoms with E-state index in [1.807, 2.05) is 41.1 Å². The van der Waals surface area contributed by atoms with Crippen LogP contribution in [0.1, 0.15) is 51.6 Å². The molecule has 0 saturated carbocycles. The maximum absolute atomic E-state index is 4.39. The Hall–Kier alpha value is -2.43. The Labute approximate surface area is 143 Å². The lowest BCUT2D eigenvalue weighted by atomic mass is 10.1. The van der Waals surface area contributed by atoms with Gasteiger partial charge in [0, 0.05) is 6.20 Å². The summed E-state index contributed by atoms with van der Waals surface area (Å²) in [4.78, 5) is 4.39. The molecule has 126 valence electrons. The van der Waals surface area contributed by atoms with Crippen LogP contribution in [0.15, 0.2) is 48.7 Å². The van der Waals surface area contributed by atoms with Crippen molar-refractivity contribution in [3.05, 3.63) is 48.7 Å². The molecule has 0 unspecified atom stereocenters. The Morgan fingerprint density at radius 1 is 1.00 bits per heavy atom. The maximum atomic E-state index is 4.39. The van der Waals surface area contributed by atoms with Gasteiger partial charge in [0.2, 0.25) is 0 Å². The molecule has 24 heavy (non-hydrogen) atoms. The highest BCUT2D eigenvalue weighted by Gasteiger charge is 2.15. The third-order valence-corrected chi connectivity index (χ3v) is 4.23. The Morgan fingerprint density at radius 3 is 2.67 bits per heavy atom. The molecule has 0 radical (unpaired) electrons. The van der Waals surface area contributed by atoms with Crippen LogP contribution in [0.25, 0.3) is 11.0 Å². The average Bonchev–Trinajstić information content (AvgIpc) is 3.05. The molecule has 3 rings (SSSR count). The molecule has 1 N–H and O–H groups in total. The molecule has 0 aliphatic carbocycles. The predicted octanol–water partition coefficient (Wildman–Crippen LogP) is 4.80. The second kappa shape index (κ2) is 8.43. The van der Waals surface area contributed by atoms with Gasteiger partial charge in [0.15, 0.2) is 0 Å². The van der Waals surface area contributed by atoms with Crippen LogP contribution >= 0.6 is 0 Å². The smallest absolute Gasteiger partial charge is 0.127 e. The Kier molecular flexibility index (Phi) is 5.77. The predicted molar refractivity (Wildman–Crippen MR) is 97.8 cm³/mol. The molecule has 5 nitrogen and oxygen atoms in total. The van der Waals surface area contributed by atoms with E-state index in [4.69, 9.17) is 0 Å². The molecular formula is C19H25N5. The second-order valence-electron chi connectivity index (χ2n) is 6.10. The van der Waals surface area contributed by atoms with Gasteiger partial charge in [-0.05, 0) is 37.1 Å². The SMILES string of the molecule is CCCCCCC[C@@H](Nc1ccccn1)n1nnc2ccccc21. The summed E-state index contributed by atoms with van der Waals surface area (Å²) in [7, 11) is 0. The fraction of sp³-hybridized carbons (Fsp3) is 0.421. The Morgan fingerprint density at radius 2 is 1.83 bits per heavy atom. The molecule has 0 amide bonds. The van der Waals surface area contributed by atoms with Crippen molar-refractivity contribution in [2.24, 2.45) is 0 Å². The minimum absolute atomic E-state index is 0.0638. The van der Waals surface area contributed by atoms with Gasteiger partial charge in [0.05, 0.1) is 5.52 Å². The van der Waals surface area contributed by atoms with Crippen molar-refractivity contribution in [3.63, 3.8) is 0 Å². The first-order valence-corrected chi connectivity index (χ1v) is 8.86. The lowest BCUT2D eigenvalue weighted by molar-refractivity contribution is 0.444. The van der Waals surface area contributed by atoms with Crippen LogP contribution in [0.4, 0.5) is 5.82 Å². The number of unbranched alkanes of at least 4 members (excludes halogenated alkanes) is 4. The van der Waals surface area contributed by atoms with E-state index >= 15 is 0 Å². The van der Waals surface area contributed by atoms with Crippen LogP contribution in [0, 0.1) is 0 Å². The first-order chi connectivity index (χ1) is 11.9. The number of para-hydroxylation sites is 1. The molecule has 0 spiro atoms. The van der Waals surface area contributed by atoms with Crippen molar-refractivity contribution in [2.45, 2.75) is 51.6 Å². The molecule has 1 aromatic carbocycles. The maximum Gasteiger partial charge on any atom is 0.127 e. The summed E-state index contributed by atoms with van der Waals surface area (Å²) in [5.41, 5.74) is 1.98. The van der Waals surface area contributed by atoms with Crippen molar-refractivity contribution < 1.29 is 0 Å². The van der Waals surface area contributed by atoms with Crippen LogP contribution in [0.3, 0.4) is 0 Å². The monoisotopic (exact) mass is 323 g/mol. The van der Waals surface area contributed by atoms with E-state index in [1.165, 1.54) is 32.1 Å². The minimum Gasteiger partial charge on any atom is -0.348 e. The highest BCUT2D eigenvalue weighted by molar-refractivity contribution is 5.74. The van der Waals surface area contributed by atoms with Crippen LogP contribution < -0.4 is 5.32 Å². The third-order valence-electron chi connectivity index (χ3n) is 4.23. The summed E-state index contributed by atoms with van der Waals surface area (Å²) in [6, 6.07) is 14.0. The number of benzene rings is 1. The summed E-state index contributed by atoms with van der Waals surface area (Å²) in [6.45, 7) is 2.24. The summed E-state index contributed by atoms with van der Waals surface area (Å²) < 4.78 is 1.99. The lowest BCUT2D eigenvalue weighted by Gasteiger charge is -2.20. The molecule has 3 aromatic rings. The van der Waals surface area contributed by atoms with Gasteiger partial charge in [-0.2, -0.15) is 0 Å². The standard InChI is InChI=1S/C19H25N5/c1-2-3-4-5-6-14-19(21-18-13-9-10-15-20-18)24-17-12-8-7-11-16(17)22-23-24/h7-13,15,19H,2-6,14H2,1H3,(H,20,21)/t19-/m0/s1. The van der Waals surface area contributed by atoms with Crippen LogP contribution in [-0.2, 0) is 0 Å². The van der Waals surface area contributed by atoms with E-state index in [0.29, 0.717) is 0 Å². The number of hydrogen-bond donors (Lipinski definition) is 1. The molecule has 0 fully saturated rings. The van der Waals surface area contributed by atoms with Crippen molar-refractivity contribution in [3.8, 4) is 0 Å². The number of rotatable bonds is 9. The molecule has 1 atom stereocenters. The normalized spacial score (nSPS) is 12.4. The van der Waals surface area contributed by atoms with Crippen LogP contribution in [-0.4, -0.2) is 20.0 Å². The summed E-state index contributed by atoms with van der Waals surface area (Å²) in [6.07, 6.45) is 9.17. The van der Waals surface area contributed by atoms with Crippen LogP contribution in [0.5, 0.6) is 0 Å². The quantitative estimate of drug-likeness (QED) is 0.575. The molecular weight excluding hydrogens is 298 g/mol. The minimum atomic E-state index is 0.0638. The highest BCUT2D eigenvalue weighted by atomic mass is 15.5. The van der Waals surface area contributed by atoms with Gasteiger partial charge in [-0.25, -0.2) is 9.67 Å². The number of anilines is 1. The van der Waals surface area contributed by atoms with Gasteiger partial charge in [-0.1, -0.05) is 56.0 Å². The number of hydrogen-bond acceptors (Lipinski definition) is 4. The van der Waals surface area contributed by atoms with Gasteiger partial charge in [-0.3, -0.25) is 0 Å². The van der Waals surface area contributed by atoms with Crippen LogP contribution in [0.2, 0.25) is 0 Å². The molecule has 0 bridgehead atoms. The average molecular weight is 323 g/mol. The van der Waals surface area contributed by atoms with Crippen molar-refractivity contribution in [1.82, 2.24) is 20.0 Å². The van der Waals surface area contributed by atoms with Crippen molar-refractivity contribution in [2.75, 3.05) is 5.32 Å². The Bertz CT molecular complexity index is 738. The summed E-state index contributed by atoms with van der Waals surface area (Å²) >= 11 is 0. The number of aromatic nitrogens is 4. The number of nitrogens with zero attached hydrogens (tertiary/aromatic N) is 4. The first kappa shape index (κ1) is 16.4. The number of pyridine rings is 1. The number of nitrogens with one attached hydrogen (secondary N) is 1. The zero-order valence-corrected chi connectivity index (χ0v) is 14.2. The summed E-state index contributed by atoms with van der Waals surface area (Å²) in [5.74, 6) is 0.871. The van der Waals surface area contributed by atoms with Gasteiger partial charge in [-0.15, -0.1) is 5.10 Å². The van der Waals surface area contributed by atoms with Gasteiger partial charge in [0.25, 0.3) is 0 Å². The van der Waals surface area contributed by atoms with E-state index < -0.39 is 0 Å². The number of fused-ring (bicyclic) bond motifs is 1. The van der Waals surface area contributed by atoms with E-state index in [2.05, 4.69) is 33.6 Å². The molecule has 0 aliphatic rings. The molecule has 2 aromatic heterocycles. The molecule has 0 aliphatic heterocycles. The highest BCUT2D eigenvalue weighted by Crippen LogP contribution is 2.22. The third kappa shape index (κ3) is 4.10. The zero-order chi connectivity index (χ0) is 16.6. The summed E-state index contributed by atoms with van der Waals surface area (Å²) in [5, 5.41) is 12.2. The topological polar surface area (TPSA) is 55.6 Å². The van der Waals surface area contributed by atoms with E-state index in [-0.39, 0.29) is 6.17 Å².